The monoisotopic (exact) mass is 262 g/mol. The van der Waals surface area contributed by atoms with Gasteiger partial charge < -0.3 is 4.43 Å². The van der Waals surface area contributed by atoms with Crippen LogP contribution in [0.2, 0.25) is 18.1 Å². The van der Waals surface area contributed by atoms with Gasteiger partial charge in [0.15, 0.2) is 18.5 Å². The van der Waals surface area contributed by atoms with Gasteiger partial charge in [0.2, 0.25) is 5.69 Å². The fourth-order valence-corrected chi connectivity index (χ4v) is 2.90. The maximum atomic E-state index is 6.45. The van der Waals surface area contributed by atoms with Crippen LogP contribution in [-0.4, -0.2) is 8.32 Å². The van der Waals surface area contributed by atoms with E-state index in [4.69, 9.17) is 4.43 Å². The third kappa shape index (κ3) is 2.51. The highest BCUT2D eigenvalue weighted by molar-refractivity contribution is 6.74. The molecule has 0 atom stereocenters. The van der Waals surface area contributed by atoms with Gasteiger partial charge >= 0.3 is 0 Å². The summed E-state index contributed by atoms with van der Waals surface area (Å²) in [5.74, 6) is 1.08. The highest BCUT2D eigenvalue weighted by atomic mass is 28.4. The third-order valence-electron chi connectivity index (χ3n) is 4.06. The zero-order chi connectivity index (χ0) is 13.4. The molecule has 0 saturated carbocycles. The van der Waals surface area contributed by atoms with Crippen LogP contribution in [0.1, 0.15) is 32.9 Å². The molecule has 0 aliphatic carbocycles. The summed E-state index contributed by atoms with van der Waals surface area (Å²) in [6, 6.07) is 6.32. The molecular weight excluding hydrogens is 238 g/mol. The first-order chi connectivity index (χ1) is 8.31. The Labute approximate surface area is 111 Å². The van der Waals surface area contributed by atoms with Gasteiger partial charge in [-0.3, -0.25) is 0 Å². The number of pyridine rings is 1. The highest BCUT2D eigenvalue weighted by Crippen LogP contribution is 2.39. The first kappa shape index (κ1) is 13.3. The van der Waals surface area contributed by atoms with Gasteiger partial charge in [-0.2, -0.15) is 4.57 Å². The molecule has 0 aromatic carbocycles. The minimum absolute atomic E-state index is 0.241. The number of hydrogen-bond donors (Lipinski definition) is 0. The predicted octanol–water partition coefficient (Wildman–Crippen LogP) is 3.74. The van der Waals surface area contributed by atoms with Crippen molar-refractivity contribution in [2.75, 3.05) is 0 Å². The Hall–Kier alpha value is -1.09. The van der Waals surface area contributed by atoms with Gasteiger partial charge in [0.1, 0.15) is 0 Å². The van der Waals surface area contributed by atoms with E-state index in [0.29, 0.717) is 0 Å². The topological polar surface area (TPSA) is 13.1 Å². The molecule has 2 rings (SSSR count). The number of nitrogens with zero attached hydrogens (tertiary/aromatic N) is 1. The molecule has 0 amide bonds. The van der Waals surface area contributed by atoms with Crippen LogP contribution in [-0.2, 0) is 11.0 Å². The Morgan fingerprint density at radius 1 is 1.22 bits per heavy atom. The van der Waals surface area contributed by atoms with Crippen molar-refractivity contribution in [2.45, 2.75) is 51.9 Å². The van der Waals surface area contributed by atoms with Crippen LogP contribution in [0.3, 0.4) is 0 Å². The van der Waals surface area contributed by atoms with Crippen molar-refractivity contribution in [3.8, 4) is 0 Å². The molecule has 0 fully saturated rings. The molecule has 1 aromatic heterocycles. The average molecular weight is 262 g/mol. The van der Waals surface area contributed by atoms with Gasteiger partial charge in [-0.1, -0.05) is 20.8 Å². The van der Waals surface area contributed by atoms with E-state index in [1.807, 2.05) is 0 Å². The largest absolute Gasteiger partial charge is 0.539 e. The van der Waals surface area contributed by atoms with Crippen molar-refractivity contribution in [1.29, 1.82) is 0 Å². The number of hydrogen-bond acceptors (Lipinski definition) is 1. The third-order valence-corrected chi connectivity index (χ3v) is 8.41. The lowest BCUT2D eigenvalue weighted by atomic mass is 10.2. The summed E-state index contributed by atoms with van der Waals surface area (Å²) in [5.41, 5.74) is 1.22. The minimum Gasteiger partial charge on any atom is -0.539 e. The molecule has 0 saturated heterocycles. The second kappa shape index (κ2) is 4.54. The van der Waals surface area contributed by atoms with Crippen LogP contribution in [0.5, 0.6) is 0 Å². The molecule has 2 heterocycles. The lowest BCUT2D eigenvalue weighted by Gasteiger charge is -2.37. The molecule has 98 valence electrons. The number of allylic oxidation sites excluding steroid dienone is 1. The van der Waals surface area contributed by atoms with Crippen molar-refractivity contribution in [1.82, 2.24) is 0 Å². The first-order valence-corrected chi connectivity index (χ1v) is 9.60. The molecule has 18 heavy (non-hydrogen) atoms. The van der Waals surface area contributed by atoms with Crippen molar-refractivity contribution < 1.29 is 8.99 Å². The summed E-state index contributed by atoms with van der Waals surface area (Å²) in [7, 11) is -1.74. The van der Waals surface area contributed by atoms with Gasteiger partial charge in [-0.25, -0.2) is 0 Å². The van der Waals surface area contributed by atoms with Gasteiger partial charge in [0.25, 0.3) is 8.32 Å². The molecule has 3 heteroatoms. The molecule has 1 aliphatic rings. The Balaban J connectivity index is 2.29. The standard InChI is InChI=1S/C15H24NOSi/c1-15(2,3)18(4,5)17-14-10-8-12-16-11-7-6-9-13(14)16/h6-7,9-11H,8,12H2,1-5H3/q+1. The lowest BCUT2D eigenvalue weighted by molar-refractivity contribution is -0.700. The maximum absolute atomic E-state index is 6.45. The van der Waals surface area contributed by atoms with Crippen molar-refractivity contribution in [3.05, 3.63) is 36.2 Å². The second-order valence-corrected chi connectivity index (χ2v) is 11.2. The molecule has 0 radical (unpaired) electrons. The van der Waals surface area contributed by atoms with E-state index >= 15 is 0 Å². The molecule has 0 unspecified atom stereocenters. The fraction of sp³-hybridized carbons (Fsp3) is 0.533. The Kier molecular flexibility index (Phi) is 3.36. The van der Waals surface area contributed by atoms with E-state index < -0.39 is 8.32 Å². The summed E-state index contributed by atoms with van der Waals surface area (Å²) in [6.07, 6.45) is 5.44. The van der Waals surface area contributed by atoms with Gasteiger partial charge in [-0.15, -0.1) is 0 Å². The molecule has 0 bridgehead atoms. The summed E-state index contributed by atoms with van der Waals surface area (Å²) in [6.45, 7) is 12.5. The zero-order valence-electron chi connectivity index (χ0n) is 12.2. The van der Waals surface area contributed by atoms with E-state index in [-0.39, 0.29) is 5.04 Å². The molecule has 0 N–H and O–H groups in total. The van der Waals surface area contributed by atoms with Crippen molar-refractivity contribution in [3.63, 3.8) is 0 Å². The van der Waals surface area contributed by atoms with Crippen LogP contribution in [0.25, 0.3) is 5.76 Å². The van der Waals surface area contributed by atoms with E-state index in [0.717, 1.165) is 18.7 Å². The summed E-state index contributed by atoms with van der Waals surface area (Å²) >= 11 is 0. The summed E-state index contributed by atoms with van der Waals surface area (Å²) in [4.78, 5) is 0. The van der Waals surface area contributed by atoms with Crippen LogP contribution >= 0.6 is 0 Å². The predicted molar refractivity (Wildman–Crippen MR) is 77.5 cm³/mol. The summed E-state index contributed by atoms with van der Waals surface area (Å²) in [5, 5.41) is 0.241. The van der Waals surface area contributed by atoms with E-state index in [1.165, 1.54) is 5.69 Å². The molecule has 1 aromatic rings. The van der Waals surface area contributed by atoms with Crippen LogP contribution in [0.15, 0.2) is 30.5 Å². The summed E-state index contributed by atoms with van der Waals surface area (Å²) < 4.78 is 8.73. The lowest BCUT2D eigenvalue weighted by Crippen LogP contribution is -2.44. The van der Waals surface area contributed by atoms with Crippen LogP contribution in [0.4, 0.5) is 0 Å². The van der Waals surface area contributed by atoms with Gasteiger partial charge in [0.05, 0.1) is 0 Å². The number of fused-ring (bicyclic) bond motifs is 1. The highest BCUT2D eigenvalue weighted by Gasteiger charge is 2.40. The normalized spacial score (nSPS) is 15.9. The van der Waals surface area contributed by atoms with Crippen molar-refractivity contribution >= 4 is 14.1 Å². The molecule has 0 spiro atoms. The molecular formula is C15H24NOSi+. The number of aromatic nitrogens is 1. The van der Waals surface area contributed by atoms with Gasteiger partial charge in [-0.05, 0) is 30.3 Å². The average Bonchev–Trinajstić information content (AvgIpc) is 2.27. The van der Waals surface area contributed by atoms with Crippen LogP contribution in [0, 0.1) is 0 Å². The van der Waals surface area contributed by atoms with Crippen LogP contribution < -0.4 is 4.57 Å². The van der Waals surface area contributed by atoms with E-state index in [2.05, 4.69) is 68.9 Å². The molecule has 1 aliphatic heterocycles. The number of aryl methyl sites for hydroxylation is 1. The number of rotatable bonds is 2. The Morgan fingerprint density at radius 3 is 2.61 bits per heavy atom. The second-order valence-electron chi connectivity index (χ2n) is 6.50. The van der Waals surface area contributed by atoms with E-state index in [1.54, 1.807) is 0 Å². The SMILES string of the molecule is CC(C)(C)[Si](C)(C)OC1=CCC[n+]2ccccc21. The van der Waals surface area contributed by atoms with Crippen molar-refractivity contribution in [2.24, 2.45) is 0 Å². The zero-order valence-corrected chi connectivity index (χ0v) is 13.2. The Bertz CT molecular complexity index is 472. The minimum atomic E-state index is -1.74. The smallest absolute Gasteiger partial charge is 0.250 e. The van der Waals surface area contributed by atoms with E-state index in [9.17, 15) is 0 Å². The fourth-order valence-electron chi connectivity index (χ4n) is 1.86. The maximum Gasteiger partial charge on any atom is 0.250 e. The molecule has 2 nitrogen and oxygen atoms in total. The quantitative estimate of drug-likeness (QED) is 0.584. The first-order valence-electron chi connectivity index (χ1n) is 6.69. The Morgan fingerprint density at radius 2 is 1.94 bits per heavy atom. The van der Waals surface area contributed by atoms with Gasteiger partial charge in [0, 0.05) is 18.6 Å².